The van der Waals surface area contributed by atoms with E-state index in [0.717, 1.165) is 6.54 Å². The smallest absolute Gasteiger partial charge is 0.0206 e. The van der Waals surface area contributed by atoms with Crippen molar-refractivity contribution in [1.82, 2.24) is 5.32 Å². The molecule has 15 heavy (non-hydrogen) atoms. The van der Waals surface area contributed by atoms with Gasteiger partial charge in [0.1, 0.15) is 0 Å². The minimum atomic E-state index is 0.269. The Balaban J connectivity index is 2.45. The Bertz CT molecular complexity index is 367. The molecule has 1 heteroatoms. The van der Waals surface area contributed by atoms with E-state index in [9.17, 15) is 0 Å². The second kappa shape index (κ2) is 3.34. The van der Waals surface area contributed by atoms with E-state index in [1.807, 2.05) is 0 Å². The van der Waals surface area contributed by atoms with Gasteiger partial charge >= 0.3 is 0 Å². The minimum absolute atomic E-state index is 0.269. The molecule has 0 radical (unpaired) electrons. The van der Waals surface area contributed by atoms with Gasteiger partial charge in [-0.25, -0.2) is 0 Å². The fourth-order valence-corrected chi connectivity index (χ4v) is 2.82. The van der Waals surface area contributed by atoms with Crippen LogP contribution >= 0.6 is 0 Å². The van der Waals surface area contributed by atoms with Crippen LogP contribution in [0.5, 0.6) is 0 Å². The van der Waals surface area contributed by atoms with Crippen molar-refractivity contribution in [1.29, 1.82) is 0 Å². The van der Waals surface area contributed by atoms with E-state index in [2.05, 4.69) is 52.1 Å². The van der Waals surface area contributed by atoms with Crippen LogP contribution in [0.1, 0.15) is 42.0 Å². The molecule has 1 aliphatic heterocycles. The van der Waals surface area contributed by atoms with E-state index in [1.54, 1.807) is 5.56 Å². The zero-order valence-corrected chi connectivity index (χ0v) is 10.4. The first-order chi connectivity index (χ1) is 6.92. The largest absolute Gasteiger partial charge is 0.310 e. The highest BCUT2D eigenvalue weighted by molar-refractivity contribution is 5.43. The van der Waals surface area contributed by atoms with Gasteiger partial charge in [-0.3, -0.25) is 0 Å². The fourth-order valence-electron chi connectivity index (χ4n) is 2.82. The second-order valence-corrected chi connectivity index (χ2v) is 5.47. The van der Waals surface area contributed by atoms with Gasteiger partial charge in [0, 0.05) is 18.0 Å². The van der Waals surface area contributed by atoms with Gasteiger partial charge < -0.3 is 5.32 Å². The lowest BCUT2D eigenvalue weighted by Crippen LogP contribution is -2.59. The molecule has 1 heterocycles. The maximum Gasteiger partial charge on any atom is 0.0206 e. The van der Waals surface area contributed by atoms with Gasteiger partial charge in [0.05, 0.1) is 0 Å². The second-order valence-electron chi connectivity index (χ2n) is 5.47. The van der Waals surface area contributed by atoms with Crippen LogP contribution in [-0.4, -0.2) is 12.1 Å². The number of aryl methyl sites for hydroxylation is 3. The number of hydrogen-bond acceptors (Lipinski definition) is 1. The van der Waals surface area contributed by atoms with Gasteiger partial charge in [0.25, 0.3) is 0 Å². The topological polar surface area (TPSA) is 12.0 Å². The van der Waals surface area contributed by atoms with Gasteiger partial charge in [-0.1, -0.05) is 17.7 Å². The zero-order chi connectivity index (χ0) is 11.2. The minimum Gasteiger partial charge on any atom is -0.310 e. The fraction of sp³-hybridized carbons (Fsp3) is 0.571. The summed E-state index contributed by atoms with van der Waals surface area (Å²) in [5.41, 5.74) is 6.10. The third-order valence-corrected chi connectivity index (χ3v) is 3.72. The monoisotopic (exact) mass is 203 g/mol. The molecule has 0 aromatic heterocycles. The van der Waals surface area contributed by atoms with E-state index in [-0.39, 0.29) is 5.54 Å². The molecule has 82 valence electrons. The van der Waals surface area contributed by atoms with Crippen LogP contribution in [0.25, 0.3) is 0 Å². The van der Waals surface area contributed by atoms with Crippen LogP contribution in [0.4, 0.5) is 0 Å². The summed E-state index contributed by atoms with van der Waals surface area (Å²) in [4.78, 5) is 0. The molecule has 1 N–H and O–H groups in total. The standard InChI is InChI=1S/C14H21N/c1-9-6-10(2)13(11(3)7-9)12-8-15-14(12,4)5/h6-7,12,15H,8H2,1-5H3. The zero-order valence-electron chi connectivity index (χ0n) is 10.4. The van der Waals surface area contributed by atoms with Crippen LogP contribution in [0.15, 0.2) is 12.1 Å². The van der Waals surface area contributed by atoms with E-state index >= 15 is 0 Å². The number of nitrogens with one attached hydrogen (secondary N) is 1. The third-order valence-electron chi connectivity index (χ3n) is 3.72. The maximum absolute atomic E-state index is 3.50. The summed E-state index contributed by atoms with van der Waals surface area (Å²) in [5, 5.41) is 3.50. The molecule has 1 fully saturated rings. The molecule has 0 amide bonds. The number of hydrogen-bond donors (Lipinski definition) is 1. The molecule has 1 aromatic rings. The predicted molar refractivity (Wildman–Crippen MR) is 65.5 cm³/mol. The Morgan fingerprint density at radius 2 is 1.67 bits per heavy atom. The van der Waals surface area contributed by atoms with E-state index in [4.69, 9.17) is 0 Å². The van der Waals surface area contributed by atoms with Crippen LogP contribution in [-0.2, 0) is 0 Å². The van der Waals surface area contributed by atoms with Crippen LogP contribution in [0.2, 0.25) is 0 Å². The van der Waals surface area contributed by atoms with Crippen LogP contribution in [0.3, 0.4) is 0 Å². The first kappa shape index (κ1) is 10.7. The van der Waals surface area contributed by atoms with Crippen molar-refractivity contribution >= 4 is 0 Å². The molecule has 1 nitrogen and oxygen atoms in total. The summed E-state index contributed by atoms with van der Waals surface area (Å²) < 4.78 is 0. The number of benzene rings is 1. The lowest BCUT2D eigenvalue weighted by Gasteiger charge is -2.47. The molecule has 1 unspecified atom stereocenters. The molecular weight excluding hydrogens is 182 g/mol. The van der Waals surface area contributed by atoms with Crippen molar-refractivity contribution in [2.75, 3.05) is 6.54 Å². The molecule has 1 saturated heterocycles. The molecule has 0 aliphatic carbocycles. The summed E-state index contributed by atoms with van der Waals surface area (Å²) >= 11 is 0. The summed E-state index contributed by atoms with van der Waals surface area (Å²) in [6.45, 7) is 12.4. The molecule has 0 spiro atoms. The Morgan fingerprint density at radius 3 is 2.00 bits per heavy atom. The average molecular weight is 203 g/mol. The first-order valence-electron chi connectivity index (χ1n) is 5.74. The first-order valence-corrected chi connectivity index (χ1v) is 5.74. The molecular formula is C14H21N. The SMILES string of the molecule is Cc1cc(C)c(C2CNC2(C)C)c(C)c1. The van der Waals surface area contributed by atoms with Gasteiger partial charge in [0.15, 0.2) is 0 Å². The quantitative estimate of drug-likeness (QED) is 0.739. The van der Waals surface area contributed by atoms with Crippen molar-refractivity contribution in [3.05, 3.63) is 34.4 Å². The molecule has 0 bridgehead atoms. The summed E-state index contributed by atoms with van der Waals surface area (Å²) in [6.07, 6.45) is 0. The highest BCUT2D eigenvalue weighted by atomic mass is 15.1. The Kier molecular flexibility index (Phi) is 2.38. The normalized spacial score (nSPS) is 23.7. The average Bonchev–Trinajstić information content (AvgIpc) is 2.09. The van der Waals surface area contributed by atoms with E-state index in [0.29, 0.717) is 5.92 Å². The van der Waals surface area contributed by atoms with Crippen molar-refractivity contribution in [3.8, 4) is 0 Å². The van der Waals surface area contributed by atoms with Crippen LogP contribution < -0.4 is 5.32 Å². The van der Waals surface area contributed by atoms with E-state index in [1.165, 1.54) is 16.7 Å². The van der Waals surface area contributed by atoms with Crippen molar-refractivity contribution < 1.29 is 0 Å². The molecule has 1 atom stereocenters. The molecule has 2 rings (SSSR count). The van der Waals surface area contributed by atoms with E-state index < -0.39 is 0 Å². The summed E-state index contributed by atoms with van der Waals surface area (Å²) in [7, 11) is 0. The highest BCUT2D eigenvalue weighted by Crippen LogP contribution is 2.38. The van der Waals surface area contributed by atoms with Crippen molar-refractivity contribution in [2.45, 2.75) is 46.1 Å². The lowest BCUT2D eigenvalue weighted by molar-refractivity contribution is 0.207. The van der Waals surface area contributed by atoms with Crippen molar-refractivity contribution in [2.24, 2.45) is 0 Å². The number of rotatable bonds is 1. The molecule has 0 saturated carbocycles. The Hall–Kier alpha value is -0.820. The van der Waals surface area contributed by atoms with Gasteiger partial charge in [-0.2, -0.15) is 0 Å². The Morgan fingerprint density at radius 1 is 1.13 bits per heavy atom. The van der Waals surface area contributed by atoms with Gasteiger partial charge in [-0.05, 0) is 51.3 Å². The molecule has 1 aromatic carbocycles. The highest BCUT2D eigenvalue weighted by Gasteiger charge is 2.40. The van der Waals surface area contributed by atoms with Crippen LogP contribution in [0, 0.1) is 20.8 Å². The summed E-state index contributed by atoms with van der Waals surface area (Å²) in [6, 6.07) is 4.60. The summed E-state index contributed by atoms with van der Waals surface area (Å²) in [5.74, 6) is 0.679. The third kappa shape index (κ3) is 1.69. The van der Waals surface area contributed by atoms with Gasteiger partial charge in [-0.15, -0.1) is 0 Å². The maximum atomic E-state index is 3.50. The predicted octanol–water partition coefficient (Wildman–Crippen LogP) is 3.08. The van der Waals surface area contributed by atoms with Crippen molar-refractivity contribution in [3.63, 3.8) is 0 Å². The molecule has 1 aliphatic rings. The van der Waals surface area contributed by atoms with Gasteiger partial charge in [0.2, 0.25) is 0 Å². The Labute approximate surface area is 92.9 Å². The lowest BCUT2D eigenvalue weighted by atomic mass is 9.72.